The van der Waals surface area contributed by atoms with E-state index in [9.17, 15) is 0 Å². The van der Waals surface area contributed by atoms with E-state index in [0.29, 0.717) is 30.3 Å². The molecule has 2 saturated heterocycles. The molecule has 5 heteroatoms. The number of unbranched alkanes of at least 4 members (excludes halogenated alkanes) is 3. The first-order valence-corrected chi connectivity index (χ1v) is 14.6. The third-order valence-corrected chi connectivity index (χ3v) is 8.56. The van der Waals surface area contributed by atoms with Crippen LogP contribution in [0.3, 0.4) is 0 Å². The van der Waals surface area contributed by atoms with Crippen molar-refractivity contribution < 1.29 is 23.7 Å². The molecule has 37 heavy (non-hydrogen) atoms. The van der Waals surface area contributed by atoms with Crippen molar-refractivity contribution in [2.24, 2.45) is 11.8 Å². The molecule has 0 N–H and O–H groups in total. The van der Waals surface area contributed by atoms with E-state index in [1.54, 1.807) is 0 Å². The molecule has 0 amide bonds. The number of ether oxygens (including phenoxy) is 5. The van der Waals surface area contributed by atoms with Gasteiger partial charge < -0.3 is 23.7 Å². The molecule has 2 aliphatic heterocycles. The Bertz CT molecular complexity index is 974. The zero-order valence-corrected chi connectivity index (χ0v) is 22.0. The molecule has 5 nitrogen and oxygen atoms in total. The van der Waals surface area contributed by atoms with Gasteiger partial charge in [-0.25, -0.2) is 0 Å². The molecule has 0 spiro atoms. The van der Waals surface area contributed by atoms with Gasteiger partial charge in [-0.2, -0.15) is 0 Å². The highest BCUT2D eigenvalue weighted by Gasteiger charge is 2.44. The van der Waals surface area contributed by atoms with E-state index in [-0.39, 0.29) is 0 Å². The Hall–Kier alpha value is -2.08. The molecule has 6 atom stereocenters. The lowest BCUT2D eigenvalue weighted by molar-refractivity contribution is 0.0850. The summed E-state index contributed by atoms with van der Waals surface area (Å²) < 4.78 is 29.2. The van der Waals surface area contributed by atoms with Gasteiger partial charge in [0.2, 0.25) is 0 Å². The number of epoxide rings is 2. The van der Waals surface area contributed by atoms with Gasteiger partial charge in [-0.1, -0.05) is 30.7 Å². The van der Waals surface area contributed by atoms with E-state index in [0.717, 1.165) is 63.1 Å². The van der Waals surface area contributed by atoms with Crippen molar-refractivity contribution in [3.8, 4) is 22.6 Å². The topological polar surface area (TPSA) is 52.8 Å². The zero-order valence-electron chi connectivity index (χ0n) is 22.0. The maximum absolute atomic E-state index is 6.06. The van der Waals surface area contributed by atoms with Crippen molar-refractivity contribution in [1.29, 1.82) is 0 Å². The van der Waals surface area contributed by atoms with Gasteiger partial charge in [0, 0.05) is 13.2 Å². The Labute approximate surface area is 221 Å². The molecular formula is C32H42O5. The maximum atomic E-state index is 6.06. The lowest BCUT2D eigenvalue weighted by Crippen LogP contribution is -2.19. The van der Waals surface area contributed by atoms with Gasteiger partial charge in [-0.3, -0.25) is 0 Å². The molecule has 6 unspecified atom stereocenters. The molecule has 0 radical (unpaired) electrons. The molecule has 2 aromatic rings. The summed E-state index contributed by atoms with van der Waals surface area (Å²) in [5.74, 6) is 3.23. The third kappa shape index (κ3) is 7.28. The SMILES string of the molecule is c1cc(-c2ccc(OCC3CCC4OC4C3)cc2)ccc1OCCCCCCOCC1CCC2OC2C1. The van der Waals surface area contributed by atoms with Gasteiger partial charge in [0.25, 0.3) is 0 Å². The second-order valence-electron chi connectivity index (χ2n) is 11.5. The predicted octanol–water partition coefficient (Wildman–Crippen LogP) is 6.82. The van der Waals surface area contributed by atoms with Crippen LogP contribution in [0, 0.1) is 11.8 Å². The van der Waals surface area contributed by atoms with Crippen LogP contribution in [0.5, 0.6) is 11.5 Å². The minimum absolute atomic E-state index is 0.513. The summed E-state index contributed by atoms with van der Waals surface area (Å²) in [4.78, 5) is 0. The first-order valence-electron chi connectivity index (χ1n) is 14.6. The van der Waals surface area contributed by atoms with Crippen LogP contribution < -0.4 is 9.47 Å². The molecule has 4 fully saturated rings. The fourth-order valence-corrected chi connectivity index (χ4v) is 6.08. The lowest BCUT2D eigenvalue weighted by atomic mass is 9.90. The minimum Gasteiger partial charge on any atom is -0.494 e. The van der Waals surface area contributed by atoms with Crippen LogP contribution in [0.25, 0.3) is 11.1 Å². The summed E-state index contributed by atoms with van der Waals surface area (Å²) >= 11 is 0. The Kier molecular flexibility index (Phi) is 8.30. The van der Waals surface area contributed by atoms with Crippen molar-refractivity contribution in [3.63, 3.8) is 0 Å². The number of fused-ring (bicyclic) bond motifs is 2. The number of benzene rings is 2. The first-order chi connectivity index (χ1) is 18.3. The van der Waals surface area contributed by atoms with Gasteiger partial charge in [-0.15, -0.1) is 0 Å². The highest BCUT2D eigenvalue weighted by molar-refractivity contribution is 5.64. The van der Waals surface area contributed by atoms with Gasteiger partial charge in [0.05, 0.1) is 37.6 Å². The highest BCUT2D eigenvalue weighted by Crippen LogP contribution is 2.40. The van der Waals surface area contributed by atoms with Crippen molar-refractivity contribution in [2.45, 2.75) is 88.6 Å². The second kappa shape index (κ2) is 12.2. The summed E-state index contributed by atoms with van der Waals surface area (Å²) in [5, 5.41) is 0. The van der Waals surface area contributed by atoms with E-state index in [2.05, 4.69) is 48.5 Å². The van der Waals surface area contributed by atoms with E-state index in [1.807, 2.05) is 0 Å². The average Bonchev–Trinajstić information content (AvgIpc) is 3.86. The van der Waals surface area contributed by atoms with Crippen LogP contribution >= 0.6 is 0 Å². The lowest BCUT2D eigenvalue weighted by Gasteiger charge is -2.19. The summed E-state index contributed by atoms with van der Waals surface area (Å²) in [5.41, 5.74) is 2.39. The Morgan fingerprint density at radius 3 is 1.68 bits per heavy atom. The summed E-state index contributed by atoms with van der Waals surface area (Å²) in [6.07, 6.45) is 14.1. The van der Waals surface area contributed by atoms with Gasteiger partial charge in [0.1, 0.15) is 11.5 Å². The Balaban J connectivity index is 0.819. The van der Waals surface area contributed by atoms with E-state index in [1.165, 1.54) is 56.1 Å². The van der Waals surface area contributed by atoms with E-state index in [4.69, 9.17) is 23.7 Å². The Morgan fingerprint density at radius 1 is 0.541 bits per heavy atom. The van der Waals surface area contributed by atoms with Gasteiger partial charge in [0.15, 0.2) is 0 Å². The number of hydrogen-bond donors (Lipinski definition) is 0. The monoisotopic (exact) mass is 506 g/mol. The maximum Gasteiger partial charge on any atom is 0.119 e. The molecule has 0 bridgehead atoms. The molecule has 2 saturated carbocycles. The van der Waals surface area contributed by atoms with E-state index >= 15 is 0 Å². The smallest absolute Gasteiger partial charge is 0.119 e. The fourth-order valence-electron chi connectivity index (χ4n) is 6.08. The molecule has 200 valence electrons. The van der Waals surface area contributed by atoms with Crippen molar-refractivity contribution in [1.82, 2.24) is 0 Å². The van der Waals surface area contributed by atoms with Crippen LogP contribution in [0.1, 0.15) is 64.2 Å². The molecule has 2 heterocycles. The summed E-state index contributed by atoms with van der Waals surface area (Å²) in [6, 6.07) is 16.9. The fraction of sp³-hybridized carbons (Fsp3) is 0.625. The molecule has 4 aliphatic rings. The van der Waals surface area contributed by atoms with Gasteiger partial charge >= 0.3 is 0 Å². The minimum atomic E-state index is 0.513. The molecular weight excluding hydrogens is 464 g/mol. The Morgan fingerprint density at radius 2 is 1.08 bits per heavy atom. The van der Waals surface area contributed by atoms with Crippen LogP contribution in [0.4, 0.5) is 0 Å². The van der Waals surface area contributed by atoms with Crippen LogP contribution in [0.15, 0.2) is 48.5 Å². The zero-order chi connectivity index (χ0) is 24.9. The third-order valence-electron chi connectivity index (χ3n) is 8.56. The second-order valence-corrected chi connectivity index (χ2v) is 11.5. The van der Waals surface area contributed by atoms with Gasteiger partial charge in [-0.05, 0) is 105 Å². The number of hydrogen-bond acceptors (Lipinski definition) is 5. The average molecular weight is 507 g/mol. The standard InChI is InChI=1S/C32H42O5/c1(3-17-33-21-23-5-15-29-31(19-23)36-29)2-4-18-34-27-11-7-25(8-12-27)26-9-13-28(14-10-26)35-22-24-6-16-30-32(20-24)37-30/h7-14,23-24,29-32H,1-6,15-22H2. The normalized spacial score (nSPS) is 29.7. The van der Waals surface area contributed by atoms with Crippen molar-refractivity contribution in [3.05, 3.63) is 48.5 Å². The molecule has 0 aromatic heterocycles. The highest BCUT2D eigenvalue weighted by atomic mass is 16.6. The van der Waals surface area contributed by atoms with Crippen LogP contribution in [0.2, 0.25) is 0 Å². The molecule has 2 aliphatic carbocycles. The molecule has 2 aromatic carbocycles. The quantitative estimate of drug-likeness (QED) is 0.208. The van der Waals surface area contributed by atoms with Crippen molar-refractivity contribution >= 4 is 0 Å². The van der Waals surface area contributed by atoms with Crippen LogP contribution in [-0.4, -0.2) is 50.8 Å². The predicted molar refractivity (Wildman–Crippen MR) is 144 cm³/mol. The summed E-state index contributed by atoms with van der Waals surface area (Å²) in [7, 11) is 0. The summed E-state index contributed by atoms with van der Waals surface area (Å²) in [6.45, 7) is 3.37. The van der Waals surface area contributed by atoms with Crippen LogP contribution in [-0.2, 0) is 14.2 Å². The van der Waals surface area contributed by atoms with E-state index < -0.39 is 0 Å². The van der Waals surface area contributed by atoms with Crippen molar-refractivity contribution in [2.75, 3.05) is 26.4 Å². The molecule has 6 rings (SSSR count). The number of rotatable bonds is 14. The largest absolute Gasteiger partial charge is 0.494 e. The first kappa shape index (κ1) is 25.2.